The van der Waals surface area contributed by atoms with Gasteiger partial charge in [0.25, 0.3) is 5.91 Å². The Balaban J connectivity index is 1.39. The summed E-state index contributed by atoms with van der Waals surface area (Å²) in [6.07, 6.45) is 1.32. The minimum absolute atomic E-state index is 0.129. The molecule has 2 aromatic carbocycles. The maximum atomic E-state index is 12.8. The highest BCUT2D eigenvalue weighted by Crippen LogP contribution is 2.33. The smallest absolute Gasteiger partial charge is 0.251 e. The van der Waals surface area contributed by atoms with E-state index in [9.17, 15) is 13.2 Å². The van der Waals surface area contributed by atoms with Crippen LogP contribution in [0.2, 0.25) is 0 Å². The summed E-state index contributed by atoms with van der Waals surface area (Å²) in [6.45, 7) is 3.33. The molecule has 0 saturated heterocycles. The second-order valence-electron chi connectivity index (χ2n) is 7.59. The topological polar surface area (TPSA) is 93.7 Å². The van der Waals surface area contributed by atoms with Crippen molar-refractivity contribution in [1.29, 1.82) is 0 Å². The van der Waals surface area contributed by atoms with Crippen molar-refractivity contribution in [3.8, 4) is 11.5 Å². The lowest BCUT2D eigenvalue weighted by Crippen LogP contribution is -2.29. The molecule has 0 radical (unpaired) electrons. The highest BCUT2D eigenvalue weighted by atomic mass is 32.2. The lowest BCUT2D eigenvalue weighted by atomic mass is 10.0. The molecular formula is C24H26N2O5S2. The molecule has 9 heteroatoms. The summed E-state index contributed by atoms with van der Waals surface area (Å²) >= 11 is 1.59. The van der Waals surface area contributed by atoms with Gasteiger partial charge in [-0.2, -0.15) is 0 Å². The predicted molar refractivity (Wildman–Crippen MR) is 128 cm³/mol. The van der Waals surface area contributed by atoms with Crippen molar-refractivity contribution in [1.82, 2.24) is 10.0 Å². The van der Waals surface area contributed by atoms with E-state index in [0.29, 0.717) is 49.7 Å². The normalized spacial score (nSPS) is 14.0. The zero-order chi connectivity index (χ0) is 23.3. The average molecular weight is 487 g/mol. The minimum atomic E-state index is -3.64. The van der Waals surface area contributed by atoms with Gasteiger partial charge in [-0.25, -0.2) is 13.1 Å². The average Bonchev–Trinajstić information content (AvgIpc) is 3.35. The first kappa shape index (κ1) is 23.3. The van der Waals surface area contributed by atoms with Crippen LogP contribution in [0, 0.1) is 0 Å². The number of hydrogen-bond donors (Lipinski definition) is 2. The first-order chi connectivity index (χ1) is 16.0. The van der Waals surface area contributed by atoms with Crippen LogP contribution in [0.3, 0.4) is 0 Å². The van der Waals surface area contributed by atoms with Gasteiger partial charge in [-0.15, -0.1) is 11.3 Å². The van der Waals surface area contributed by atoms with Gasteiger partial charge in [0.2, 0.25) is 10.0 Å². The minimum Gasteiger partial charge on any atom is -0.486 e. The van der Waals surface area contributed by atoms with Crippen molar-refractivity contribution in [3.05, 3.63) is 76.0 Å². The van der Waals surface area contributed by atoms with Gasteiger partial charge in [0, 0.05) is 17.0 Å². The first-order valence-electron chi connectivity index (χ1n) is 10.8. The number of hydrogen-bond acceptors (Lipinski definition) is 6. The van der Waals surface area contributed by atoms with E-state index in [4.69, 9.17) is 9.47 Å². The van der Waals surface area contributed by atoms with Gasteiger partial charge in [0.1, 0.15) is 13.2 Å². The van der Waals surface area contributed by atoms with Gasteiger partial charge >= 0.3 is 0 Å². The third-order valence-corrected chi connectivity index (χ3v) is 7.77. The number of carbonyl (C=O) groups excluding carboxylic acids is 1. The molecule has 4 rings (SSSR count). The van der Waals surface area contributed by atoms with E-state index in [2.05, 4.69) is 10.0 Å². The van der Waals surface area contributed by atoms with Crippen molar-refractivity contribution in [3.63, 3.8) is 0 Å². The molecule has 1 unspecified atom stereocenters. The SMILES string of the molecule is CCC(NC(=O)c1ccc(S(=O)(=O)NCCc2cccs2)cc1)c1ccc2c(c1)OCCO2. The van der Waals surface area contributed by atoms with Gasteiger partial charge in [-0.3, -0.25) is 4.79 Å². The number of benzene rings is 2. The van der Waals surface area contributed by atoms with E-state index < -0.39 is 10.0 Å². The van der Waals surface area contributed by atoms with Crippen LogP contribution in [0.1, 0.15) is 40.2 Å². The maximum absolute atomic E-state index is 12.8. The van der Waals surface area contributed by atoms with Crippen molar-refractivity contribution >= 4 is 27.3 Å². The zero-order valence-corrected chi connectivity index (χ0v) is 19.9. The van der Waals surface area contributed by atoms with Crippen LogP contribution in [-0.4, -0.2) is 34.1 Å². The maximum Gasteiger partial charge on any atom is 0.251 e. The number of thiophene rings is 1. The van der Waals surface area contributed by atoms with Crippen LogP contribution in [0.5, 0.6) is 11.5 Å². The first-order valence-corrected chi connectivity index (χ1v) is 13.1. The van der Waals surface area contributed by atoms with Gasteiger partial charge in [0.05, 0.1) is 10.9 Å². The monoisotopic (exact) mass is 486 g/mol. The predicted octanol–water partition coefficient (Wildman–Crippen LogP) is 3.92. The lowest BCUT2D eigenvalue weighted by molar-refractivity contribution is 0.0935. The summed E-state index contributed by atoms with van der Waals surface area (Å²) in [7, 11) is -3.64. The van der Waals surface area contributed by atoms with Crippen LogP contribution in [0.25, 0.3) is 0 Å². The lowest BCUT2D eigenvalue weighted by Gasteiger charge is -2.22. The molecule has 2 N–H and O–H groups in total. The highest BCUT2D eigenvalue weighted by Gasteiger charge is 2.19. The van der Waals surface area contributed by atoms with E-state index in [1.807, 2.05) is 42.6 Å². The summed E-state index contributed by atoms with van der Waals surface area (Å²) in [5.74, 6) is 1.10. The van der Waals surface area contributed by atoms with Crippen molar-refractivity contribution in [2.45, 2.75) is 30.7 Å². The summed E-state index contributed by atoms with van der Waals surface area (Å²) < 4.78 is 38.9. The molecule has 1 aliphatic heterocycles. The Kier molecular flexibility index (Phi) is 7.32. The molecule has 0 saturated carbocycles. The number of rotatable bonds is 9. The number of amides is 1. The molecule has 0 bridgehead atoms. The standard InChI is InChI=1S/C24H26N2O5S2/c1-2-21(18-7-10-22-23(16-18)31-14-13-30-22)26-24(27)17-5-8-20(9-6-17)33(28,29)25-12-11-19-4-3-15-32-19/h3-10,15-16,21,25H,2,11-14H2,1H3,(H,26,27). The molecule has 0 spiro atoms. The van der Waals surface area contributed by atoms with E-state index in [-0.39, 0.29) is 16.8 Å². The molecule has 2 heterocycles. The van der Waals surface area contributed by atoms with Gasteiger partial charge in [-0.05, 0) is 66.2 Å². The Morgan fingerprint density at radius 2 is 1.82 bits per heavy atom. The number of nitrogens with one attached hydrogen (secondary N) is 2. The Labute approximate surface area is 197 Å². The summed E-state index contributed by atoms with van der Waals surface area (Å²) in [5.41, 5.74) is 1.31. The van der Waals surface area contributed by atoms with E-state index in [0.717, 1.165) is 10.4 Å². The number of fused-ring (bicyclic) bond motifs is 1. The van der Waals surface area contributed by atoms with Gasteiger partial charge in [0.15, 0.2) is 11.5 Å². The molecule has 174 valence electrons. The molecule has 3 aromatic rings. The van der Waals surface area contributed by atoms with Crippen LogP contribution in [-0.2, 0) is 16.4 Å². The van der Waals surface area contributed by atoms with Crippen molar-refractivity contribution in [2.75, 3.05) is 19.8 Å². The second kappa shape index (κ2) is 10.4. The van der Waals surface area contributed by atoms with E-state index in [1.54, 1.807) is 11.3 Å². The number of sulfonamides is 1. The largest absolute Gasteiger partial charge is 0.486 e. The molecule has 33 heavy (non-hydrogen) atoms. The molecule has 0 aliphatic carbocycles. The molecule has 0 fully saturated rings. The highest BCUT2D eigenvalue weighted by molar-refractivity contribution is 7.89. The van der Waals surface area contributed by atoms with Crippen LogP contribution >= 0.6 is 11.3 Å². The fraction of sp³-hybridized carbons (Fsp3) is 0.292. The molecule has 1 aliphatic rings. The molecule has 1 aromatic heterocycles. The van der Waals surface area contributed by atoms with Crippen LogP contribution in [0.15, 0.2) is 64.9 Å². The van der Waals surface area contributed by atoms with Crippen molar-refractivity contribution < 1.29 is 22.7 Å². The number of carbonyl (C=O) groups is 1. The molecule has 7 nitrogen and oxygen atoms in total. The Hall–Kier alpha value is -2.88. The van der Waals surface area contributed by atoms with E-state index in [1.165, 1.54) is 24.3 Å². The van der Waals surface area contributed by atoms with Gasteiger partial charge < -0.3 is 14.8 Å². The summed E-state index contributed by atoms with van der Waals surface area (Å²) in [6, 6.07) is 15.3. The molecule has 1 amide bonds. The third-order valence-electron chi connectivity index (χ3n) is 5.35. The van der Waals surface area contributed by atoms with E-state index >= 15 is 0 Å². The second-order valence-corrected chi connectivity index (χ2v) is 10.4. The fourth-order valence-corrected chi connectivity index (χ4v) is 5.31. The fourth-order valence-electron chi connectivity index (χ4n) is 3.57. The Bertz CT molecular complexity index is 1190. The number of ether oxygens (including phenoxy) is 2. The van der Waals surface area contributed by atoms with Crippen LogP contribution in [0.4, 0.5) is 0 Å². The molecular weight excluding hydrogens is 460 g/mol. The third kappa shape index (κ3) is 5.73. The summed E-state index contributed by atoms with van der Waals surface area (Å²) in [4.78, 5) is 14.1. The van der Waals surface area contributed by atoms with Gasteiger partial charge in [-0.1, -0.05) is 19.1 Å². The van der Waals surface area contributed by atoms with Crippen LogP contribution < -0.4 is 19.5 Å². The Morgan fingerprint density at radius 3 is 2.52 bits per heavy atom. The Morgan fingerprint density at radius 1 is 1.06 bits per heavy atom. The zero-order valence-electron chi connectivity index (χ0n) is 18.2. The summed E-state index contributed by atoms with van der Waals surface area (Å²) in [5, 5.41) is 4.98. The van der Waals surface area contributed by atoms with Crippen molar-refractivity contribution in [2.24, 2.45) is 0 Å². The molecule has 1 atom stereocenters. The quantitative estimate of drug-likeness (QED) is 0.478.